The first kappa shape index (κ1) is 17.0. The van der Waals surface area contributed by atoms with Crippen LogP contribution in [0.5, 0.6) is 0 Å². The molecule has 0 fully saturated rings. The fraction of sp³-hybridized carbons (Fsp3) is 0.500. The van der Waals surface area contributed by atoms with Crippen LogP contribution >= 0.6 is 0 Å². The molecule has 0 saturated heterocycles. The summed E-state index contributed by atoms with van der Waals surface area (Å²) < 4.78 is 0. The summed E-state index contributed by atoms with van der Waals surface area (Å²) in [6.45, 7) is 4.48. The molecule has 4 N–H and O–H groups in total. The Labute approximate surface area is 126 Å². The number of nitrogens with two attached hydrogens (primary N) is 1. The van der Waals surface area contributed by atoms with E-state index in [-0.39, 0.29) is 11.8 Å². The highest BCUT2D eigenvalue weighted by Gasteiger charge is 2.24. The summed E-state index contributed by atoms with van der Waals surface area (Å²) in [5.41, 5.74) is 6.37. The van der Waals surface area contributed by atoms with Crippen molar-refractivity contribution in [3.63, 3.8) is 0 Å². The summed E-state index contributed by atoms with van der Waals surface area (Å²) in [6.07, 6.45) is 2.57. The van der Waals surface area contributed by atoms with E-state index >= 15 is 0 Å². The molecule has 0 aliphatic carbocycles. The fourth-order valence-electron chi connectivity index (χ4n) is 2.11. The van der Waals surface area contributed by atoms with Gasteiger partial charge in [0.25, 0.3) is 0 Å². The number of carbonyl (C=O) groups is 2. The normalized spacial score (nSPS) is 13.2. The van der Waals surface area contributed by atoms with Gasteiger partial charge in [-0.05, 0) is 24.3 Å². The minimum Gasteiger partial charge on any atom is -0.354 e. The number of nitrogens with one attached hydrogen (secondary N) is 2. The largest absolute Gasteiger partial charge is 0.354 e. The zero-order chi connectivity index (χ0) is 15.7. The van der Waals surface area contributed by atoms with Gasteiger partial charge < -0.3 is 16.4 Å². The number of urea groups is 1. The lowest BCUT2D eigenvalue weighted by molar-refractivity contribution is -0.124. The molecule has 0 radical (unpaired) electrons. The maximum Gasteiger partial charge on any atom is 0.312 e. The molecule has 21 heavy (non-hydrogen) atoms. The molecule has 5 heteroatoms. The molecule has 0 aliphatic heterocycles. The van der Waals surface area contributed by atoms with Gasteiger partial charge in [-0.2, -0.15) is 0 Å². The standard InChI is InChI=1S/C16H25N3O2/c1-3-12(2)14(19-16(17)21)15(20)18-11-7-10-13-8-5-4-6-9-13/h4-6,8-9,12,14H,3,7,10-11H2,1-2H3,(H,18,20)(H3,17,19,21)/t12-,14+/m1/s1. The Balaban J connectivity index is 2.37. The zero-order valence-corrected chi connectivity index (χ0v) is 12.8. The second-order valence-corrected chi connectivity index (χ2v) is 5.25. The van der Waals surface area contributed by atoms with Gasteiger partial charge >= 0.3 is 6.03 Å². The first-order valence-corrected chi connectivity index (χ1v) is 7.42. The van der Waals surface area contributed by atoms with Gasteiger partial charge in [0.2, 0.25) is 5.91 Å². The number of rotatable bonds is 8. The smallest absolute Gasteiger partial charge is 0.312 e. The maximum atomic E-state index is 12.1. The highest BCUT2D eigenvalue weighted by atomic mass is 16.2. The van der Waals surface area contributed by atoms with Crippen molar-refractivity contribution in [1.29, 1.82) is 0 Å². The van der Waals surface area contributed by atoms with Gasteiger partial charge in [-0.3, -0.25) is 4.79 Å². The number of aryl methyl sites for hydroxylation is 1. The van der Waals surface area contributed by atoms with Crippen LogP contribution in [0.4, 0.5) is 4.79 Å². The lowest BCUT2D eigenvalue weighted by Gasteiger charge is -2.22. The minimum absolute atomic E-state index is 0.0478. The molecule has 0 bridgehead atoms. The van der Waals surface area contributed by atoms with Crippen LogP contribution in [0.3, 0.4) is 0 Å². The second-order valence-electron chi connectivity index (χ2n) is 5.25. The molecule has 0 unspecified atom stereocenters. The van der Waals surface area contributed by atoms with E-state index in [1.54, 1.807) is 0 Å². The summed E-state index contributed by atoms with van der Waals surface area (Å²) in [4.78, 5) is 23.1. The SMILES string of the molecule is CC[C@@H](C)[C@H](NC(N)=O)C(=O)NCCCc1ccccc1. The third kappa shape index (κ3) is 6.29. The lowest BCUT2D eigenvalue weighted by atomic mass is 9.98. The van der Waals surface area contributed by atoms with Crippen molar-refractivity contribution in [2.45, 2.75) is 39.2 Å². The second kappa shape index (κ2) is 9.00. The third-order valence-electron chi connectivity index (χ3n) is 3.58. The van der Waals surface area contributed by atoms with Crippen LogP contribution in [0.15, 0.2) is 30.3 Å². The highest BCUT2D eigenvalue weighted by Crippen LogP contribution is 2.08. The van der Waals surface area contributed by atoms with Crippen molar-refractivity contribution in [2.75, 3.05) is 6.54 Å². The Kier molecular flexibility index (Phi) is 7.29. The van der Waals surface area contributed by atoms with E-state index in [1.165, 1.54) is 5.56 Å². The van der Waals surface area contributed by atoms with E-state index in [9.17, 15) is 9.59 Å². The topological polar surface area (TPSA) is 84.2 Å². The van der Waals surface area contributed by atoms with E-state index in [0.29, 0.717) is 6.54 Å². The highest BCUT2D eigenvalue weighted by molar-refractivity contribution is 5.86. The van der Waals surface area contributed by atoms with E-state index in [0.717, 1.165) is 19.3 Å². The molecule has 2 atom stereocenters. The lowest BCUT2D eigenvalue weighted by Crippen LogP contribution is -2.51. The number of hydrogen-bond donors (Lipinski definition) is 3. The molecular formula is C16H25N3O2. The van der Waals surface area contributed by atoms with Crippen molar-refractivity contribution in [3.8, 4) is 0 Å². The van der Waals surface area contributed by atoms with Crippen molar-refractivity contribution in [3.05, 3.63) is 35.9 Å². The van der Waals surface area contributed by atoms with Crippen molar-refractivity contribution < 1.29 is 9.59 Å². The molecule has 0 saturated carbocycles. The van der Waals surface area contributed by atoms with Crippen molar-refractivity contribution in [1.82, 2.24) is 10.6 Å². The van der Waals surface area contributed by atoms with E-state index in [1.807, 2.05) is 32.0 Å². The van der Waals surface area contributed by atoms with Gasteiger partial charge in [0.1, 0.15) is 6.04 Å². The number of carbonyl (C=O) groups excluding carboxylic acids is 2. The molecule has 1 rings (SSSR count). The molecular weight excluding hydrogens is 266 g/mol. The quantitative estimate of drug-likeness (QED) is 0.638. The Morgan fingerprint density at radius 1 is 1.24 bits per heavy atom. The molecule has 0 aromatic heterocycles. The van der Waals surface area contributed by atoms with Gasteiger partial charge in [0.15, 0.2) is 0 Å². The molecule has 1 aromatic rings. The molecule has 116 valence electrons. The Morgan fingerprint density at radius 3 is 2.48 bits per heavy atom. The number of benzene rings is 1. The number of amides is 3. The van der Waals surface area contributed by atoms with Gasteiger partial charge in [-0.1, -0.05) is 50.6 Å². The van der Waals surface area contributed by atoms with Crippen LogP contribution in [0.1, 0.15) is 32.3 Å². The zero-order valence-electron chi connectivity index (χ0n) is 12.8. The first-order valence-electron chi connectivity index (χ1n) is 7.42. The molecule has 0 heterocycles. The van der Waals surface area contributed by atoms with Crippen molar-refractivity contribution >= 4 is 11.9 Å². The summed E-state index contributed by atoms with van der Waals surface area (Å²) in [7, 11) is 0. The summed E-state index contributed by atoms with van der Waals surface area (Å²) in [5.74, 6) is -0.122. The Hall–Kier alpha value is -2.04. The summed E-state index contributed by atoms with van der Waals surface area (Å²) in [5, 5.41) is 5.38. The maximum absolute atomic E-state index is 12.1. The summed E-state index contributed by atoms with van der Waals surface area (Å²) >= 11 is 0. The average molecular weight is 291 g/mol. The molecule has 3 amide bonds. The van der Waals surface area contributed by atoms with Gasteiger partial charge in [-0.15, -0.1) is 0 Å². The first-order chi connectivity index (χ1) is 10.0. The van der Waals surface area contributed by atoms with Crippen LogP contribution < -0.4 is 16.4 Å². The monoisotopic (exact) mass is 291 g/mol. The molecule has 0 spiro atoms. The average Bonchev–Trinajstić information content (AvgIpc) is 2.49. The predicted molar refractivity (Wildman–Crippen MR) is 83.7 cm³/mol. The predicted octanol–water partition coefficient (Wildman–Crippen LogP) is 1.82. The number of hydrogen-bond acceptors (Lipinski definition) is 2. The summed E-state index contributed by atoms with van der Waals surface area (Å²) in [6, 6.07) is 8.89. The molecule has 0 aliphatic rings. The van der Waals surface area contributed by atoms with Crippen LogP contribution in [0.2, 0.25) is 0 Å². The van der Waals surface area contributed by atoms with E-state index < -0.39 is 12.1 Å². The van der Waals surface area contributed by atoms with Gasteiger partial charge in [0.05, 0.1) is 0 Å². The van der Waals surface area contributed by atoms with Crippen LogP contribution in [-0.4, -0.2) is 24.5 Å². The molecule has 1 aromatic carbocycles. The van der Waals surface area contributed by atoms with Crippen LogP contribution in [0.25, 0.3) is 0 Å². The van der Waals surface area contributed by atoms with Gasteiger partial charge in [0, 0.05) is 6.54 Å². The van der Waals surface area contributed by atoms with Crippen LogP contribution in [-0.2, 0) is 11.2 Å². The fourth-order valence-corrected chi connectivity index (χ4v) is 2.11. The third-order valence-corrected chi connectivity index (χ3v) is 3.58. The Morgan fingerprint density at radius 2 is 1.90 bits per heavy atom. The minimum atomic E-state index is -0.667. The van der Waals surface area contributed by atoms with E-state index in [2.05, 4.69) is 22.8 Å². The van der Waals surface area contributed by atoms with E-state index in [4.69, 9.17) is 5.73 Å². The molecule has 5 nitrogen and oxygen atoms in total. The van der Waals surface area contributed by atoms with Crippen LogP contribution in [0, 0.1) is 5.92 Å². The Bertz CT molecular complexity index is 448. The van der Waals surface area contributed by atoms with Crippen molar-refractivity contribution in [2.24, 2.45) is 11.7 Å². The van der Waals surface area contributed by atoms with Gasteiger partial charge in [-0.25, -0.2) is 4.79 Å². The number of primary amides is 1.